The van der Waals surface area contributed by atoms with Crippen LogP contribution in [0.4, 0.5) is 11.4 Å². The molecule has 1 aromatic carbocycles. The maximum atomic E-state index is 11.9. The summed E-state index contributed by atoms with van der Waals surface area (Å²) < 4.78 is 34.3. The Morgan fingerprint density at radius 3 is 2.54 bits per heavy atom. The summed E-state index contributed by atoms with van der Waals surface area (Å²) >= 11 is 5.89. The van der Waals surface area contributed by atoms with Gasteiger partial charge in [0.15, 0.2) is 5.11 Å². The normalized spacial score (nSPS) is 20.3. The SMILES string of the molecule is COc1cc(N2C(=S)NC(c3ccccn3)C2c2cc(C)n(C3CCCC3)c2C)ccc1NS(C)(=O)=O. The third-order valence-electron chi connectivity index (χ3n) is 7.39. The lowest BCUT2D eigenvalue weighted by molar-refractivity contribution is 0.417. The molecule has 196 valence electrons. The predicted octanol–water partition coefficient (Wildman–Crippen LogP) is 5.17. The Bertz CT molecular complexity index is 1420. The number of thiocarbonyl (C=S) groups is 1. The first-order valence-corrected chi connectivity index (χ1v) is 14.8. The fourth-order valence-corrected chi connectivity index (χ4v) is 6.80. The van der Waals surface area contributed by atoms with Gasteiger partial charge in [-0.05, 0) is 74.8 Å². The van der Waals surface area contributed by atoms with E-state index in [1.807, 2.05) is 30.3 Å². The summed E-state index contributed by atoms with van der Waals surface area (Å²) in [5.74, 6) is 0.419. The zero-order chi connectivity index (χ0) is 26.3. The maximum absolute atomic E-state index is 11.9. The van der Waals surface area contributed by atoms with Gasteiger partial charge in [-0.25, -0.2) is 8.42 Å². The number of hydrogen-bond acceptors (Lipinski definition) is 5. The van der Waals surface area contributed by atoms with Crippen LogP contribution in [0.3, 0.4) is 0 Å². The first-order chi connectivity index (χ1) is 17.7. The van der Waals surface area contributed by atoms with E-state index < -0.39 is 10.0 Å². The molecule has 0 spiro atoms. The highest BCUT2D eigenvalue weighted by molar-refractivity contribution is 7.92. The molecule has 0 amide bonds. The molecule has 1 saturated carbocycles. The number of ether oxygens (including phenoxy) is 1. The number of benzene rings is 1. The molecule has 0 radical (unpaired) electrons. The van der Waals surface area contributed by atoms with Crippen LogP contribution in [0.25, 0.3) is 0 Å². The zero-order valence-electron chi connectivity index (χ0n) is 21.6. The smallest absolute Gasteiger partial charge is 0.229 e. The van der Waals surface area contributed by atoms with Gasteiger partial charge in [0, 0.05) is 35.4 Å². The van der Waals surface area contributed by atoms with E-state index in [2.05, 4.69) is 44.4 Å². The van der Waals surface area contributed by atoms with Gasteiger partial charge >= 0.3 is 0 Å². The van der Waals surface area contributed by atoms with Crippen molar-refractivity contribution in [2.24, 2.45) is 0 Å². The van der Waals surface area contributed by atoms with Crippen LogP contribution in [-0.2, 0) is 10.0 Å². The van der Waals surface area contributed by atoms with E-state index in [1.54, 1.807) is 12.3 Å². The van der Waals surface area contributed by atoms with Crippen molar-refractivity contribution < 1.29 is 13.2 Å². The minimum absolute atomic E-state index is 0.151. The number of rotatable bonds is 7. The van der Waals surface area contributed by atoms with Crippen LogP contribution in [0.1, 0.15) is 66.5 Å². The van der Waals surface area contributed by atoms with Gasteiger partial charge in [-0.15, -0.1) is 0 Å². The summed E-state index contributed by atoms with van der Waals surface area (Å²) in [6.45, 7) is 4.39. The molecule has 2 atom stereocenters. The predicted molar refractivity (Wildman–Crippen MR) is 151 cm³/mol. The highest BCUT2D eigenvalue weighted by Gasteiger charge is 2.42. The second kappa shape index (κ2) is 9.98. The fourth-order valence-electron chi connectivity index (χ4n) is 5.89. The first kappa shape index (κ1) is 25.5. The van der Waals surface area contributed by atoms with Gasteiger partial charge in [0.25, 0.3) is 0 Å². The van der Waals surface area contributed by atoms with Crippen LogP contribution in [-0.4, -0.2) is 36.4 Å². The summed E-state index contributed by atoms with van der Waals surface area (Å²) in [4.78, 5) is 6.77. The average Bonchev–Trinajstić information content (AvgIpc) is 3.57. The first-order valence-electron chi connectivity index (χ1n) is 12.5. The lowest BCUT2D eigenvalue weighted by atomic mass is 9.96. The van der Waals surface area contributed by atoms with Crippen molar-refractivity contribution in [2.75, 3.05) is 23.0 Å². The van der Waals surface area contributed by atoms with Gasteiger partial charge in [-0.1, -0.05) is 18.9 Å². The van der Waals surface area contributed by atoms with Crippen molar-refractivity contribution in [1.29, 1.82) is 0 Å². The monoisotopic (exact) mass is 539 g/mol. The van der Waals surface area contributed by atoms with Crippen LogP contribution in [0.2, 0.25) is 0 Å². The van der Waals surface area contributed by atoms with Crippen LogP contribution in [0.5, 0.6) is 5.75 Å². The highest BCUT2D eigenvalue weighted by atomic mass is 32.2. The molecule has 8 nitrogen and oxygen atoms in total. The van der Waals surface area contributed by atoms with E-state index in [0.717, 1.165) is 17.6 Å². The van der Waals surface area contributed by atoms with Gasteiger partial charge in [-0.3, -0.25) is 9.71 Å². The van der Waals surface area contributed by atoms with Gasteiger partial charge in [0.2, 0.25) is 10.0 Å². The molecule has 5 rings (SSSR count). The lowest BCUT2D eigenvalue weighted by Gasteiger charge is -2.29. The molecular formula is C27H33N5O3S2. The van der Waals surface area contributed by atoms with E-state index in [-0.39, 0.29) is 12.1 Å². The number of aromatic nitrogens is 2. The van der Waals surface area contributed by atoms with E-state index in [1.165, 1.54) is 49.7 Å². The number of nitrogens with one attached hydrogen (secondary N) is 2. The van der Waals surface area contributed by atoms with Gasteiger partial charge in [0.1, 0.15) is 5.75 Å². The molecule has 2 aromatic heterocycles. The number of anilines is 2. The maximum Gasteiger partial charge on any atom is 0.229 e. The number of sulfonamides is 1. The van der Waals surface area contributed by atoms with Gasteiger partial charge in [0.05, 0.1) is 36.8 Å². The molecule has 0 bridgehead atoms. The van der Waals surface area contributed by atoms with E-state index in [0.29, 0.717) is 22.6 Å². The van der Waals surface area contributed by atoms with Crippen molar-refractivity contribution in [2.45, 2.75) is 57.7 Å². The van der Waals surface area contributed by atoms with Gasteiger partial charge in [-0.2, -0.15) is 0 Å². The van der Waals surface area contributed by atoms with Crippen LogP contribution in [0, 0.1) is 13.8 Å². The topological polar surface area (TPSA) is 88.5 Å². The Hall–Kier alpha value is -3.11. The summed E-state index contributed by atoms with van der Waals surface area (Å²) in [6.07, 6.45) is 7.86. The zero-order valence-corrected chi connectivity index (χ0v) is 23.2. The Labute approximate surface area is 224 Å². The minimum Gasteiger partial charge on any atom is -0.494 e. The molecule has 37 heavy (non-hydrogen) atoms. The minimum atomic E-state index is -3.46. The molecule has 1 saturated heterocycles. The molecule has 2 unspecified atom stereocenters. The summed E-state index contributed by atoms with van der Waals surface area (Å²) in [7, 11) is -1.94. The molecule has 2 aliphatic rings. The second-order valence-corrected chi connectivity index (χ2v) is 12.0. The number of nitrogens with zero attached hydrogens (tertiary/aromatic N) is 3. The van der Waals surface area contributed by atoms with E-state index >= 15 is 0 Å². The molecule has 10 heteroatoms. The molecule has 2 N–H and O–H groups in total. The molecule has 3 aromatic rings. The van der Waals surface area contributed by atoms with Crippen molar-refractivity contribution in [1.82, 2.24) is 14.9 Å². The van der Waals surface area contributed by atoms with E-state index in [4.69, 9.17) is 17.0 Å². The fraction of sp³-hybridized carbons (Fsp3) is 0.407. The third-order valence-corrected chi connectivity index (χ3v) is 8.29. The number of pyridine rings is 1. The third kappa shape index (κ3) is 4.92. The Morgan fingerprint density at radius 2 is 1.89 bits per heavy atom. The number of hydrogen-bond donors (Lipinski definition) is 2. The van der Waals surface area contributed by atoms with Crippen LogP contribution < -0.4 is 19.7 Å². The molecular weight excluding hydrogens is 506 g/mol. The summed E-state index contributed by atoms with van der Waals surface area (Å²) in [5.41, 5.74) is 5.79. The largest absolute Gasteiger partial charge is 0.494 e. The van der Waals surface area contributed by atoms with Crippen molar-refractivity contribution >= 4 is 38.7 Å². The summed E-state index contributed by atoms with van der Waals surface area (Å²) in [6, 6.07) is 13.8. The molecule has 1 aliphatic heterocycles. The van der Waals surface area contributed by atoms with Crippen molar-refractivity contribution in [3.8, 4) is 5.75 Å². The standard InChI is InChI=1S/C27H33N5O3S2/c1-17-15-21(18(2)31(17)19-9-5-6-10-19)26-25(23-11-7-8-14-28-23)29-27(36)32(26)20-12-13-22(24(16-20)35-3)30-37(4,33)34/h7-8,11-16,19,25-26,30H,5-6,9-10H2,1-4H3,(H,29,36). The number of methoxy groups -OCH3 is 1. The lowest BCUT2D eigenvalue weighted by Crippen LogP contribution is -2.29. The van der Waals surface area contributed by atoms with E-state index in [9.17, 15) is 8.42 Å². The molecule has 2 fully saturated rings. The van der Waals surface area contributed by atoms with Crippen LogP contribution >= 0.6 is 12.2 Å². The van der Waals surface area contributed by atoms with Crippen molar-refractivity contribution in [3.63, 3.8) is 0 Å². The molecule has 1 aliphatic carbocycles. The molecule has 3 heterocycles. The quantitative estimate of drug-likeness (QED) is 0.400. The Morgan fingerprint density at radius 1 is 1.14 bits per heavy atom. The second-order valence-electron chi connectivity index (χ2n) is 9.89. The number of aryl methyl sites for hydroxylation is 1. The summed E-state index contributed by atoms with van der Waals surface area (Å²) in [5, 5.41) is 4.10. The van der Waals surface area contributed by atoms with Crippen LogP contribution in [0.15, 0.2) is 48.7 Å². The van der Waals surface area contributed by atoms with Gasteiger partial charge < -0.3 is 19.5 Å². The van der Waals surface area contributed by atoms with Crippen molar-refractivity contribution in [3.05, 3.63) is 71.3 Å². The Balaban J connectivity index is 1.63. The highest BCUT2D eigenvalue weighted by Crippen LogP contribution is 2.46. The Kier molecular flexibility index (Phi) is 6.89. The average molecular weight is 540 g/mol.